The molecule has 0 saturated heterocycles. The first kappa shape index (κ1) is 14.0. The number of rotatable bonds is 4. The Morgan fingerprint density at radius 2 is 2.00 bits per heavy atom. The molecule has 1 aromatic carbocycles. The second kappa shape index (κ2) is 5.52. The van der Waals surface area contributed by atoms with Crippen molar-refractivity contribution in [1.82, 2.24) is 0 Å². The molecule has 94 valence electrons. The number of halogens is 1. The van der Waals surface area contributed by atoms with Crippen LogP contribution in [0.1, 0.15) is 32.8 Å². The Balaban J connectivity index is 3.21. The van der Waals surface area contributed by atoms with Crippen molar-refractivity contribution >= 4 is 23.4 Å². The summed E-state index contributed by atoms with van der Waals surface area (Å²) < 4.78 is 6.59. The Hall–Kier alpha value is -1.06. The van der Waals surface area contributed by atoms with Crippen LogP contribution in [0.25, 0.3) is 0 Å². The zero-order valence-electron chi connectivity index (χ0n) is 10.7. The van der Waals surface area contributed by atoms with Gasteiger partial charge in [0, 0.05) is 30.9 Å². The van der Waals surface area contributed by atoms with E-state index in [-0.39, 0.29) is 5.91 Å². The number of carbonyl (C=O) groups is 1. The van der Waals surface area contributed by atoms with E-state index in [1.807, 2.05) is 38.1 Å². The first-order valence-corrected chi connectivity index (χ1v) is 5.91. The van der Waals surface area contributed by atoms with E-state index in [1.165, 1.54) is 0 Å². The summed E-state index contributed by atoms with van der Waals surface area (Å²) >= 11 is 6.05. The Morgan fingerprint density at radius 1 is 1.41 bits per heavy atom. The Bertz CT molecular complexity index is 404. The van der Waals surface area contributed by atoms with E-state index in [2.05, 4.69) is 0 Å². The molecule has 0 unspecified atom stereocenters. The van der Waals surface area contributed by atoms with Gasteiger partial charge < -0.3 is 4.74 Å². The van der Waals surface area contributed by atoms with Crippen molar-refractivity contribution < 1.29 is 9.53 Å². The van der Waals surface area contributed by atoms with Crippen LogP contribution in [-0.2, 0) is 15.1 Å². The summed E-state index contributed by atoms with van der Waals surface area (Å²) in [5, 5.41) is 0. The molecular weight excluding hydrogens is 238 g/mol. The number of ether oxygens (including phenoxy) is 1. The highest BCUT2D eigenvalue weighted by molar-refractivity contribution is 6.36. The van der Waals surface area contributed by atoms with Gasteiger partial charge in [-0.3, -0.25) is 4.79 Å². The van der Waals surface area contributed by atoms with E-state index >= 15 is 0 Å². The maximum absolute atomic E-state index is 11.6. The third kappa shape index (κ3) is 2.99. The first-order valence-electron chi connectivity index (χ1n) is 5.57. The van der Waals surface area contributed by atoms with Gasteiger partial charge in [0.2, 0.25) is 5.91 Å². The van der Waals surface area contributed by atoms with Crippen molar-refractivity contribution in [3.8, 4) is 0 Å². The molecular formula is C13H18ClNO2. The smallest absolute Gasteiger partial charge is 0.241 e. The quantitative estimate of drug-likeness (QED) is 0.771. The minimum Gasteiger partial charge on any atom is -0.374 e. The lowest BCUT2D eigenvalue weighted by molar-refractivity contribution is -0.117. The molecule has 0 aromatic heterocycles. The fourth-order valence-corrected chi connectivity index (χ4v) is 1.80. The van der Waals surface area contributed by atoms with Crippen molar-refractivity contribution in [1.29, 1.82) is 0 Å². The molecule has 0 fully saturated rings. The lowest BCUT2D eigenvalue weighted by atomic mass is 9.96. The van der Waals surface area contributed by atoms with E-state index in [1.54, 1.807) is 14.0 Å². The highest BCUT2D eigenvalue weighted by atomic mass is 35.5. The van der Waals surface area contributed by atoms with E-state index in [4.69, 9.17) is 16.5 Å². The molecule has 1 aromatic rings. The van der Waals surface area contributed by atoms with Crippen LogP contribution in [0.5, 0.6) is 0 Å². The average Bonchev–Trinajstić information content (AvgIpc) is 2.36. The number of para-hydroxylation sites is 1. The Labute approximate surface area is 107 Å². The molecule has 0 heterocycles. The van der Waals surface area contributed by atoms with E-state index in [0.29, 0.717) is 12.1 Å². The van der Waals surface area contributed by atoms with Gasteiger partial charge in [-0.1, -0.05) is 25.1 Å². The van der Waals surface area contributed by atoms with Crippen molar-refractivity contribution in [2.75, 3.05) is 11.5 Å². The summed E-state index contributed by atoms with van der Waals surface area (Å²) in [5.41, 5.74) is 1.07. The topological polar surface area (TPSA) is 29.5 Å². The van der Waals surface area contributed by atoms with Crippen molar-refractivity contribution in [3.63, 3.8) is 0 Å². The predicted octanol–water partition coefficient (Wildman–Crippen LogP) is 3.46. The second-order valence-electron chi connectivity index (χ2n) is 4.26. The summed E-state index contributed by atoms with van der Waals surface area (Å²) in [7, 11) is 1.64. The average molecular weight is 256 g/mol. The fraction of sp³-hybridized carbons (Fsp3) is 0.462. The van der Waals surface area contributed by atoms with Gasteiger partial charge in [0.05, 0.1) is 11.3 Å². The lowest BCUT2D eigenvalue weighted by Crippen LogP contribution is -2.26. The molecule has 0 N–H and O–H groups in total. The van der Waals surface area contributed by atoms with Crippen LogP contribution < -0.4 is 4.42 Å². The molecule has 4 heteroatoms. The third-order valence-corrected chi connectivity index (χ3v) is 3.17. The van der Waals surface area contributed by atoms with Gasteiger partial charge in [-0.2, -0.15) is 0 Å². The summed E-state index contributed by atoms with van der Waals surface area (Å²) in [5.74, 6) is -0.133. The van der Waals surface area contributed by atoms with Crippen LogP contribution in [0.4, 0.5) is 5.69 Å². The highest BCUT2D eigenvalue weighted by Crippen LogP contribution is 2.33. The van der Waals surface area contributed by atoms with Gasteiger partial charge in [0.15, 0.2) is 0 Å². The summed E-state index contributed by atoms with van der Waals surface area (Å²) in [6.07, 6.45) is 0.366. The van der Waals surface area contributed by atoms with E-state index in [9.17, 15) is 4.79 Å². The van der Waals surface area contributed by atoms with Gasteiger partial charge in [0.25, 0.3) is 0 Å². The van der Waals surface area contributed by atoms with Gasteiger partial charge >= 0.3 is 0 Å². The van der Waals surface area contributed by atoms with Crippen molar-refractivity contribution in [3.05, 3.63) is 29.8 Å². The third-order valence-electron chi connectivity index (χ3n) is 2.80. The van der Waals surface area contributed by atoms with Crippen LogP contribution in [0.3, 0.4) is 0 Å². The number of methoxy groups -OCH3 is 1. The van der Waals surface area contributed by atoms with Gasteiger partial charge in [-0.15, -0.1) is 0 Å². The normalized spacial score (nSPS) is 11.4. The summed E-state index contributed by atoms with van der Waals surface area (Å²) in [6, 6.07) is 7.48. The van der Waals surface area contributed by atoms with Crippen molar-refractivity contribution in [2.24, 2.45) is 0 Å². The van der Waals surface area contributed by atoms with Crippen LogP contribution in [0.2, 0.25) is 0 Å². The number of carbonyl (C=O) groups excluding carboxylic acids is 1. The molecule has 1 amide bonds. The molecule has 0 atom stereocenters. The van der Waals surface area contributed by atoms with Gasteiger partial charge in [0.1, 0.15) is 0 Å². The van der Waals surface area contributed by atoms with Gasteiger partial charge in [-0.25, -0.2) is 4.42 Å². The molecule has 0 aliphatic heterocycles. The molecule has 3 nitrogen and oxygen atoms in total. The SMILES string of the molecule is CCC(=O)N(Cl)c1ccccc1C(C)(C)OC. The summed E-state index contributed by atoms with van der Waals surface area (Å²) in [6.45, 7) is 5.65. The van der Waals surface area contributed by atoms with Gasteiger partial charge in [-0.05, 0) is 19.9 Å². The number of hydrogen-bond acceptors (Lipinski definition) is 2. The number of anilines is 1. The maximum atomic E-state index is 11.6. The lowest BCUT2D eigenvalue weighted by Gasteiger charge is -2.28. The Kier molecular flexibility index (Phi) is 4.54. The van der Waals surface area contributed by atoms with Crippen LogP contribution in [0, 0.1) is 0 Å². The zero-order chi connectivity index (χ0) is 13.1. The number of benzene rings is 1. The minimum absolute atomic E-state index is 0.133. The van der Waals surface area contributed by atoms with Crippen LogP contribution in [-0.4, -0.2) is 13.0 Å². The predicted molar refractivity (Wildman–Crippen MR) is 70.1 cm³/mol. The molecule has 0 aliphatic carbocycles. The molecule has 1 rings (SSSR count). The minimum atomic E-state index is -0.488. The number of amides is 1. The largest absolute Gasteiger partial charge is 0.374 e. The zero-order valence-corrected chi connectivity index (χ0v) is 11.4. The maximum Gasteiger partial charge on any atom is 0.241 e. The standard InChI is InChI=1S/C13H18ClNO2/c1-5-12(16)15(14)11-9-7-6-8-10(11)13(2,3)17-4/h6-9H,5H2,1-4H3. The highest BCUT2D eigenvalue weighted by Gasteiger charge is 2.26. The van der Waals surface area contributed by atoms with Crippen LogP contribution >= 0.6 is 11.8 Å². The molecule has 0 saturated carbocycles. The molecule has 0 aliphatic rings. The van der Waals surface area contributed by atoms with Crippen LogP contribution in [0.15, 0.2) is 24.3 Å². The number of hydrogen-bond donors (Lipinski definition) is 0. The molecule has 0 spiro atoms. The van der Waals surface area contributed by atoms with E-state index in [0.717, 1.165) is 9.98 Å². The molecule has 17 heavy (non-hydrogen) atoms. The van der Waals surface area contributed by atoms with Crippen molar-refractivity contribution in [2.45, 2.75) is 32.8 Å². The molecule has 0 bridgehead atoms. The second-order valence-corrected chi connectivity index (χ2v) is 4.60. The number of nitrogens with zero attached hydrogens (tertiary/aromatic N) is 1. The Morgan fingerprint density at radius 3 is 2.53 bits per heavy atom. The monoisotopic (exact) mass is 255 g/mol. The molecule has 0 radical (unpaired) electrons. The first-order chi connectivity index (χ1) is 7.94. The fourth-order valence-electron chi connectivity index (χ4n) is 1.54. The summed E-state index contributed by atoms with van der Waals surface area (Å²) in [4.78, 5) is 11.6. The van der Waals surface area contributed by atoms with E-state index < -0.39 is 5.60 Å².